The molecule has 1 atom stereocenters. The van der Waals surface area contributed by atoms with Gasteiger partial charge in [-0.1, -0.05) is 11.6 Å². The van der Waals surface area contributed by atoms with Gasteiger partial charge in [0.1, 0.15) is 5.82 Å². The standard InChI is InChI=1S/C11H13ClF4N2/c12-7-4-3-6(11(14,15)16)9(10(7)13)8(18)2-1-5-17/h3-4,8H,1-2,5,17-18H2/t8-/m0/s1. The highest BCUT2D eigenvalue weighted by atomic mass is 35.5. The second-order valence-electron chi connectivity index (χ2n) is 3.86. The maximum absolute atomic E-state index is 13.7. The quantitative estimate of drug-likeness (QED) is 0.834. The van der Waals surface area contributed by atoms with E-state index in [1.807, 2.05) is 0 Å². The minimum atomic E-state index is -4.67. The summed E-state index contributed by atoms with van der Waals surface area (Å²) in [7, 11) is 0. The van der Waals surface area contributed by atoms with E-state index in [0.717, 1.165) is 12.1 Å². The van der Waals surface area contributed by atoms with Crippen molar-refractivity contribution in [3.05, 3.63) is 34.1 Å². The lowest BCUT2D eigenvalue weighted by Crippen LogP contribution is -2.20. The summed E-state index contributed by atoms with van der Waals surface area (Å²) in [5, 5.41) is -0.374. The Morgan fingerprint density at radius 1 is 1.28 bits per heavy atom. The van der Waals surface area contributed by atoms with Gasteiger partial charge in [0, 0.05) is 11.6 Å². The molecule has 7 heteroatoms. The molecule has 0 unspecified atom stereocenters. The first-order chi connectivity index (χ1) is 8.29. The number of halogens is 5. The third kappa shape index (κ3) is 3.34. The minimum absolute atomic E-state index is 0.164. The summed E-state index contributed by atoms with van der Waals surface area (Å²) in [6.07, 6.45) is -4.09. The fourth-order valence-electron chi connectivity index (χ4n) is 1.66. The topological polar surface area (TPSA) is 52.0 Å². The van der Waals surface area contributed by atoms with E-state index in [4.69, 9.17) is 23.1 Å². The van der Waals surface area contributed by atoms with E-state index in [1.54, 1.807) is 0 Å². The summed E-state index contributed by atoms with van der Waals surface area (Å²) in [6, 6.07) is 0.533. The van der Waals surface area contributed by atoms with Crippen molar-refractivity contribution in [1.29, 1.82) is 0 Å². The SMILES string of the molecule is NCCC[C@H](N)c1c(C(F)(F)F)ccc(Cl)c1F. The van der Waals surface area contributed by atoms with Crippen LogP contribution in [0.25, 0.3) is 0 Å². The molecular weight excluding hydrogens is 272 g/mol. The molecule has 0 aliphatic carbocycles. The predicted molar refractivity (Wildman–Crippen MR) is 61.6 cm³/mol. The van der Waals surface area contributed by atoms with Crippen molar-refractivity contribution in [3.8, 4) is 0 Å². The van der Waals surface area contributed by atoms with Gasteiger partial charge in [0.2, 0.25) is 0 Å². The summed E-state index contributed by atoms with van der Waals surface area (Å²) in [6.45, 7) is 0.275. The molecule has 1 rings (SSSR count). The van der Waals surface area contributed by atoms with E-state index in [-0.39, 0.29) is 18.0 Å². The molecule has 18 heavy (non-hydrogen) atoms. The Morgan fingerprint density at radius 2 is 1.89 bits per heavy atom. The highest BCUT2D eigenvalue weighted by Crippen LogP contribution is 2.38. The van der Waals surface area contributed by atoms with Crippen LogP contribution in [0.1, 0.15) is 30.0 Å². The van der Waals surface area contributed by atoms with Crippen LogP contribution in [-0.2, 0) is 6.18 Å². The average Bonchev–Trinajstić information content (AvgIpc) is 2.27. The second kappa shape index (κ2) is 5.86. The fourth-order valence-corrected chi connectivity index (χ4v) is 1.82. The maximum atomic E-state index is 13.7. The van der Waals surface area contributed by atoms with E-state index >= 15 is 0 Å². The molecule has 0 saturated heterocycles. The van der Waals surface area contributed by atoms with Gasteiger partial charge >= 0.3 is 6.18 Å². The Balaban J connectivity index is 3.25. The normalized spacial score (nSPS) is 13.7. The van der Waals surface area contributed by atoms with E-state index in [2.05, 4.69) is 0 Å². The lowest BCUT2D eigenvalue weighted by molar-refractivity contribution is -0.138. The number of alkyl halides is 3. The Hall–Kier alpha value is -0.850. The van der Waals surface area contributed by atoms with E-state index in [9.17, 15) is 17.6 Å². The van der Waals surface area contributed by atoms with Crippen molar-refractivity contribution >= 4 is 11.6 Å². The molecule has 0 radical (unpaired) electrons. The highest BCUT2D eigenvalue weighted by molar-refractivity contribution is 6.30. The smallest absolute Gasteiger partial charge is 0.330 e. The van der Waals surface area contributed by atoms with E-state index in [0.29, 0.717) is 6.42 Å². The first-order valence-corrected chi connectivity index (χ1v) is 5.67. The van der Waals surface area contributed by atoms with Crippen molar-refractivity contribution in [2.45, 2.75) is 25.1 Å². The molecule has 1 aromatic carbocycles. The highest BCUT2D eigenvalue weighted by Gasteiger charge is 2.36. The number of benzene rings is 1. The van der Waals surface area contributed by atoms with E-state index in [1.165, 1.54) is 0 Å². The van der Waals surface area contributed by atoms with Gasteiger partial charge in [-0.15, -0.1) is 0 Å². The van der Waals surface area contributed by atoms with Crippen LogP contribution in [0.4, 0.5) is 17.6 Å². The lowest BCUT2D eigenvalue weighted by atomic mass is 9.96. The van der Waals surface area contributed by atoms with Gasteiger partial charge in [-0.25, -0.2) is 4.39 Å². The zero-order valence-electron chi connectivity index (χ0n) is 9.40. The van der Waals surface area contributed by atoms with Crippen LogP contribution in [0.3, 0.4) is 0 Å². The molecule has 0 heterocycles. The van der Waals surface area contributed by atoms with Gasteiger partial charge in [-0.05, 0) is 31.5 Å². The van der Waals surface area contributed by atoms with Crippen molar-refractivity contribution in [3.63, 3.8) is 0 Å². The summed E-state index contributed by atoms with van der Waals surface area (Å²) < 4.78 is 52.0. The van der Waals surface area contributed by atoms with Crippen molar-refractivity contribution in [2.24, 2.45) is 11.5 Å². The molecule has 1 aromatic rings. The molecule has 0 aliphatic heterocycles. The average molecular weight is 285 g/mol. The molecule has 0 bridgehead atoms. The Kier molecular flexibility index (Phi) is 4.95. The van der Waals surface area contributed by atoms with Gasteiger partial charge in [0.25, 0.3) is 0 Å². The minimum Gasteiger partial charge on any atom is -0.330 e. The summed E-state index contributed by atoms with van der Waals surface area (Å²) in [5.74, 6) is -1.11. The predicted octanol–water partition coefficient (Wildman–Crippen LogP) is 3.24. The molecule has 2 nitrogen and oxygen atoms in total. The van der Waals surface area contributed by atoms with Crippen LogP contribution in [0.5, 0.6) is 0 Å². The Labute approximate surface area is 107 Å². The first kappa shape index (κ1) is 15.2. The molecule has 4 N–H and O–H groups in total. The molecule has 0 saturated carbocycles. The van der Waals surface area contributed by atoms with Gasteiger partial charge < -0.3 is 11.5 Å². The van der Waals surface area contributed by atoms with Gasteiger partial charge in [0.05, 0.1) is 10.6 Å². The molecule has 102 valence electrons. The van der Waals surface area contributed by atoms with Gasteiger partial charge in [-0.3, -0.25) is 0 Å². The molecule has 0 spiro atoms. The molecule has 0 aliphatic rings. The Morgan fingerprint density at radius 3 is 2.39 bits per heavy atom. The number of hydrogen-bond donors (Lipinski definition) is 2. The summed E-state index contributed by atoms with van der Waals surface area (Å²) >= 11 is 5.49. The summed E-state index contributed by atoms with van der Waals surface area (Å²) in [4.78, 5) is 0. The van der Waals surface area contributed by atoms with Crippen LogP contribution in [0.15, 0.2) is 12.1 Å². The zero-order valence-corrected chi connectivity index (χ0v) is 10.2. The molecule has 0 fully saturated rings. The monoisotopic (exact) mass is 284 g/mol. The van der Waals surface area contributed by atoms with Crippen molar-refractivity contribution in [2.75, 3.05) is 6.54 Å². The van der Waals surface area contributed by atoms with Gasteiger partial charge in [0.15, 0.2) is 0 Å². The van der Waals surface area contributed by atoms with Crippen LogP contribution in [0, 0.1) is 5.82 Å². The zero-order chi connectivity index (χ0) is 13.9. The second-order valence-corrected chi connectivity index (χ2v) is 4.26. The van der Waals surface area contributed by atoms with Crippen LogP contribution >= 0.6 is 11.6 Å². The number of nitrogens with two attached hydrogens (primary N) is 2. The third-order valence-corrected chi connectivity index (χ3v) is 2.82. The molecule has 0 aromatic heterocycles. The lowest BCUT2D eigenvalue weighted by Gasteiger charge is -2.19. The third-order valence-electron chi connectivity index (χ3n) is 2.53. The van der Waals surface area contributed by atoms with Crippen LogP contribution in [-0.4, -0.2) is 6.54 Å². The van der Waals surface area contributed by atoms with E-state index < -0.39 is 29.2 Å². The molecular formula is C11H13ClF4N2. The fraction of sp³-hybridized carbons (Fsp3) is 0.455. The molecule has 0 amide bonds. The van der Waals surface area contributed by atoms with Crippen LogP contribution in [0.2, 0.25) is 5.02 Å². The number of rotatable bonds is 4. The Bertz CT molecular complexity index is 420. The van der Waals surface area contributed by atoms with Crippen molar-refractivity contribution in [1.82, 2.24) is 0 Å². The largest absolute Gasteiger partial charge is 0.416 e. The first-order valence-electron chi connectivity index (χ1n) is 5.29. The van der Waals surface area contributed by atoms with Crippen LogP contribution < -0.4 is 11.5 Å². The van der Waals surface area contributed by atoms with Crippen molar-refractivity contribution < 1.29 is 17.6 Å². The maximum Gasteiger partial charge on any atom is 0.416 e. The number of hydrogen-bond acceptors (Lipinski definition) is 2. The van der Waals surface area contributed by atoms with Gasteiger partial charge in [-0.2, -0.15) is 13.2 Å². The summed E-state index contributed by atoms with van der Waals surface area (Å²) in [5.41, 5.74) is 9.16.